The molecule has 2 N–H and O–H groups in total. The summed E-state index contributed by atoms with van der Waals surface area (Å²) >= 11 is 11.9. The Balaban J connectivity index is 2.08. The van der Waals surface area contributed by atoms with E-state index in [1.165, 1.54) is 0 Å². The van der Waals surface area contributed by atoms with Crippen molar-refractivity contribution >= 4 is 34.8 Å². The van der Waals surface area contributed by atoms with Gasteiger partial charge in [-0.3, -0.25) is 9.89 Å². The third kappa shape index (κ3) is 3.03. The van der Waals surface area contributed by atoms with Crippen molar-refractivity contribution in [3.05, 3.63) is 45.7 Å². The number of hydrogen-bond donors (Lipinski definition) is 2. The number of halogens is 2. The zero-order valence-electron chi connectivity index (χ0n) is 9.63. The summed E-state index contributed by atoms with van der Waals surface area (Å²) in [7, 11) is 0. The maximum absolute atomic E-state index is 11.8. The third-order valence-corrected chi connectivity index (χ3v) is 2.96. The first-order valence-corrected chi connectivity index (χ1v) is 6.06. The molecular weight excluding hydrogens is 273 g/mol. The van der Waals surface area contributed by atoms with E-state index in [9.17, 15) is 4.79 Å². The fourth-order valence-electron chi connectivity index (χ4n) is 1.53. The zero-order chi connectivity index (χ0) is 13.1. The number of benzene rings is 1. The highest BCUT2D eigenvalue weighted by Crippen LogP contribution is 2.29. The fraction of sp³-hybridized carbons (Fsp3) is 0.167. The van der Waals surface area contributed by atoms with E-state index < -0.39 is 0 Å². The van der Waals surface area contributed by atoms with Crippen LogP contribution in [0.2, 0.25) is 10.0 Å². The van der Waals surface area contributed by atoms with E-state index in [1.807, 2.05) is 13.0 Å². The number of carbonyl (C=O) groups excluding carboxylic acids is 1. The Morgan fingerprint density at radius 2 is 2.06 bits per heavy atom. The highest BCUT2D eigenvalue weighted by atomic mass is 35.5. The first-order chi connectivity index (χ1) is 8.56. The lowest BCUT2D eigenvalue weighted by atomic mass is 10.2. The Kier molecular flexibility index (Phi) is 3.89. The quantitative estimate of drug-likeness (QED) is 0.909. The Labute approximate surface area is 114 Å². The van der Waals surface area contributed by atoms with Gasteiger partial charge in [0.1, 0.15) is 0 Å². The number of aromatic amines is 1. The van der Waals surface area contributed by atoms with Gasteiger partial charge in [0.15, 0.2) is 0 Å². The highest BCUT2D eigenvalue weighted by molar-refractivity contribution is 6.39. The summed E-state index contributed by atoms with van der Waals surface area (Å²) in [6.45, 7) is 1.87. The van der Waals surface area contributed by atoms with Gasteiger partial charge >= 0.3 is 0 Å². The van der Waals surface area contributed by atoms with Gasteiger partial charge in [0.05, 0.1) is 27.8 Å². The standard InChI is InChI=1S/C12H11Cl2N3O/c1-7-5-8(17-16-7)6-11(18)15-12-9(13)3-2-4-10(12)14/h2-5H,6H2,1H3,(H,15,18)(H,16,17). The second-order valence-electron chi connectivity index (χ2n) is 3.86. The van der Waals surface area contributed by atoms with E-state index >= 15 is 0 Å². The van der Waals surface area contributed by atoms with E-state index in [0.29, 0.717) is 21.4 Å². The summed E-state index contributed by atoms with van der Waals surface area (Å²) in [5.74, 6) is -0.212. The molecule has 94 valence electrons. The van der Waals surface area contributed by atoms with Crippen molar-refractivity contribution in [3.63, 3.8) is 0 Å². The second-order valence-corrected chi connectivity index (χ2v) is 4.68. The van der Waals surface area contributed by atoms with Crippen molar-refractivity contribution < 1.29 is 4.79 Å². The van der Waals surface area contributed by atoms with Gasteiger partial charge in [-0.1, -0.05) is 29.3 Å². The van der Waals surface area contributed by atoms with E-state index in [1.54, 1.807) is 18.2 Å². The molecule has 1 heterocycles. The number of H-pyrrole nitrogens is 1. The fourth-order valence-corrected chi connectivity index (χ4v) is 2.02. The van der Waals surface area contributed by atoms with Crippen LogP contribution in [0.25, 0.3) is 0 Å². The average molecular weight is 284 g/mol. The topological polar surface area (TPSA) is 57.8 Å². The maximum Gasteiger partial charge on any atom is 0.230 e. The number of carbonyl (C=O) groups is 1. The molecule has 1 aromatic carbocycles. The number of nitrogens with one attached hydrogen (secondary N) is 2. The van der Waals surface area contributed by atoms with Crippen LogP contribution in [-0.2, 0) is 11.2 Å². The van der Waals surface area contributed by atoms with Crippen molar-refractivity contribution in [2.45, 2.75) is 13.3 Å². The smallest absolute Gasteiger partial charge is 0.230 e. The molecule has 0 saturated heterocycles. The summed E-state index contributed by atoms with van der Waals surface area (Å²) < 4.78 is 0. The lowest BCUT2D eigenvalue weighted by Crippen LogP contribution is -2.15. The number of para-hydroxylation sites is 1. The van der Waals surface area contributed by atoms with Gasteiger partial charge in [0, 0.05) is 5.69 Å². The predicted octanol–water partition coefficient (Wildman–Crippen LogP) is 3.21. The van der Waals surface area contributed by atoms with Gasteiger partial charge < -0.3 is 5.32 Å². The first-order valence-electron chi connectivity index (χ1n) is 5.31. The monoisotopic (exact) mass is 283 g/mol. The number of aromatic nitrogens is 2. The van der Waals surface area contributed by atoms with Gasteiger partial charge in [0.2, 0.25) is 5.91 Å². The zero-order valence-corrected chi connectivity index (χ0v) is 11.1. The number of nitrogens with zero attached hydrogens (tertiary/aromatic N) is 1. The minimum Gasteiger partial charge on any atom is -0.323 e. The molecule has 2 rings (SSSR count). The molecule has 0 aliphatic carbocycles. The summed E-state index contributed by atoms with van der Waals surface area (Å²) in [4.78, 5) is 11.8. The molecule has 4 nitrogen and oxygen atoms in total. The average Bonchev–Trinajstić information content (AvgIpc) is 2.69. The molecule has 0 atom stereocenters. The molecule has 0 unspecified atom stereocenters. The van der Waals surface area contributed by atoms with Crippen LogP contribution in [0.3, 0.4) is 0 Å². The van der Waals surface area contributed by atoms with Crippen LogP contribution in [0, 0.1) is 6.92 Å². The number of amides is 1. The van der Waals surface area contributed by atoms with Crippen LogP contribution >= 0.6 is 23.2 Å². The molecular formula is C12H11Cl2N3O. The Hall–Kier alpha value is -1.52. The number of rotatable bonds is 3. The summed E-state index contributed by atoms with van der Waals surface area (Å²) in [5, 5.41) is 10.3. The molecule has 0 saturated carbocycles. The lowest BCUT2D eigenvalue weighted by Gasteiger charge is -2.08. The highest BCUT2D eigenvalue weighted by Gasteiger charge is 2.11. The molecule has 0 radical (unpaired) electrons. The molecule has 1 amide bonds. The molecule has 0 bridgehead atoms. The van der Waals surface area contributed by atoms with E-state index in [-0.39, 0.29) is 12.3 Å². The minimum atomic E-state index is -0.212. The van der Waals surface area contributed by atoms with Crippen molar-refractivity contribution in [1.29, 1.82) is 0 Å². The molecule has 2 aromatic rings. The molecule has 0 spiro atoms. The van der Waals surface area contributed by atoms with Crippen LogP contribution in [0.4, 0.5) is 5.69 Å². The van der Waals surface area contributed by atoms with Crippen molar-refractivity contribution in [2.75, 3.05) is 5.32 Å². The number of aryl methyl sites for hydroxylation is 1. The molecule has 0 fully saturated rings. The van der Waals surface area contributed by atoms with E-state index in [4.69, 9.17) is 23.2 Å². The maximum atomic E-state index is 11.8. The second kappa shape index (κ2) is 5.42. The summed E-state index contributed by atoms with van der Waals surface area (Å²) in [6, 6.07) is 6.87. The summed E-state index contributed by atoms with van der Waals surface area (Å²) in [6.07, 6.45) is 0.173. The van der Waals surface area contributed by atoms with Gasteiger partial charge in [-0.15, -0.1) is 0 Å². The number of anilines is 1. The molecule has 0 aliphatic rings. The minimum absolute atomic E-state index is 0.173. The van der Waals surface area contributed by atoms with E-state index in [2.05, 4.69) is 15.5 Å². The predicted molar refractivity (Wildman–Crippen MR) is 72.1 cm³/mol. The normalized spacial score (nSPS) is 10.4. The van der Waals surface area contributed by atoms with Gasteiger partial charge in [-0.25, -0.2) is 0 Å². The van der Waals surface area contributed by atoms with Crippen LogP contribution in [-0.4, -0.2) is 16.1 Å². The van der Waals surface area contributed by atoms with Crippen LogP contribution in [0.15, 0.2) is 24.3 Å². The Morgan fingerprint density at radius 1 is 1.39 bits per heavy atom. The van der Waals surface area contributed by atoms with Crippen LogP contribution in [0.5, 0.6) is 0 Å². The largest absolute Gasteiger partial charge is 0.323 e. The van der Waals surface area contributed by atoms with Crippen LogP contribution in [0.1, 0.15) is 11.4 Å². The Bertz CT molecular complexity index is 560. The molecule has 18 heavy (non-hydrogen) atoms. The first kappa shape index (κ1) is 12.9. The number of hydrogen-bond acceptors (Lipinski definition) is 2. The van der Waals surface area contributed by atoms with E-state index in [0.717, 1.165) is 5.69 Å². The van der Waals surface area contributed by atoms with Crippen molar-refractivity contribution in [1.82, 2.24) is 10.2 Å². The van der Waals surface area contributed by atoms with Crippen LogP contribution < -0.4 is 5.32 Å². The third-order valence-electron chi connectivity index (χ3n) is 2.33. The van der Waals surface area contributed by atoms with Gasteiger partial charge in [-0.2, -0.15) is 5.10 Å². The van der Waals surface area contributed by atoms with Crippen molar-refractivity contribution in [2.24, 2.45) is 0 Å². The molecule has 0 aliphatic heterocycles. The van der Waals surface area contributed by atoms with Gasteiger partial charge in [-0.05, 0) is 25.1 Å². The summed E-state index contributed by atoms with van der Waals surface area (Å²) in [5.41, 5.74) is 2.01. The molecule has 6 heteroatoms. The lowest BCUT2D eigenvalue weighted by molar-refractivity contribution is -0.115. The SMILES string of the molecule is Cc1cc(CC(=O)Nc2c(Cl)cccc2Cl)n[nH]1. The van der Waals surface area contributed by atoms with Gasteiger partial charge in [0.25, 0.3) is 0 Å². The van der Waals surface area contributed by atoms with Crippen molar-refractivity contribution in [3.8, 4) is 0 Å². The molecule has 1 aromatic heterocycles. The Morgan fingerprint density at radius 3 is 2.61 bits per heavy atom.